The Morgan fingerprint density at radius 2 is 1.93 bits per heavy atom. The van der Waals surface area contributed by atoms with Gasteiger partial charge in [-0.3, -0.25) is 0 Å². The lowest BCUT2D eigenvalue weighted by molar-refractivity contribution is -0.133. The number of hydrogen-bond acceptors (Lipinski definition) is 8. The zero-order valence-electron chi connectivity index (χ0n) is 17.1. The van der Waals surface area contributed by atoms with Gasteiger partial charge >= 0.3 is 0 Å². The normalized spacial score (nSPS) is 19.4. The highest BCUT2D eigenvalue weighted by atomic mass is 19.1. The molecule has 2 aromatic heterocycles. The molecule has 0 aliphatic carbocycles. The third kappa shape index (κ3) is 4.06. The van der Waals surface area contributed by atoms with Crippen molar-refractivity contribution in [2.24, 2.45) is 0 Å². The quantitative estimate of drug-likeness (QED) is 0.671. The van der Waals surface area contributed by atoms with Gasteiger partial charge in [0.05, 0.1) is 19.3 Å². The summed E-state index contributed by atoms with van der Waals surface area (Å²) in [7, 11) is 1.49. The predicted molar refractivity (Wildman–Crippen MR) is 111 cm³/mol. The van der Waals surface area contributed by atoms with Gasteiger partial charge in [0.25, 0.3) is 0 Å². The van der Waals surface area contributed by atoms with Crippen LogP contribution in [0.5, 0.6) is 5.75 Å². The number of rotatable bonds is 5. The van der Waals surface area contributed by atoms with Crippen molar-refractivity contribution >= 4 is 17.7 Å². The maximum Gasteiger partial charge on any atom is 0.230 e. The van der Waals surface area contributed by atoms with Crippen LogP contribution in [0.25, 0.3) is 11.3 Å². The number of morpholine rings is 1. The number of hydrogen-bond donors (Lipinski definition) is 1. The van der Waals surface area contributed by atoms with Gasteiger partial charge in [0.15, 0.2) is 0 Å². The summed E-state index contributed by atoms with van der Waals surface area (Å²) in [5.74, 6) is 1.58. The minimum absolute atomic E-state index is 0.273. The van der Waals surface area contributed by atoms with Crippen LogP contribution in [-0.2, 0) is 4.74 Å². The molecule has 2 atom stereocenters. The van der Waals surface area contributed by atoms with Crippen LogP contribution in [0.3, 0.4) is 0 Å². The van der Waals surface area contributed by atoms with Gasteiger partial charge in [-0.25, -0.2) is 9.37 Å². The number of piperidine rings is 1. The van der Waals surface area contributed by atoms with E-state index < -0.39 is 5.82 Å². The van der Waals surface area contributed by atoms with Crippen molar-refractivity contribution < 1.29 is 18.4 Å². The van der Waals surface area contributed by atoms with Crippen LogP contribution in [0, 0.1) is 5.82 Å². The van der Waals surface area contributed by atoms with Gasteiger partial charge in [0.2, 0.25) is 11.8 Å². The highest BCUT2D eigenvalue weighted by Crippen LogP contribution is 2.31. The van der Waals surface area contributed by atoms with E-state index in [0.717, 1.165) is 19.5 Å². The molecule has 2 unspecified atom stereocenters. The summed E-state index contributed by atoms with van der Waals surface area (Å²) in [5, 5.41) is 6.99. The number of halogens is 1. The molecule has 3 fully saturated rings. The van der Waals surface area contributed by atoms with Crippen molar-refractivity contribution in [3.05, 3.63) is 42.3 Å². The number of aromatic nitrogens is 3. The molecule has 30 heavy (non-hydrogen) atoms. The Bertz CT molecular complexity index is 996. The Kier molecular flexibility index (Phi) is 5.80. The molecule has 158 valence electrons. The Morgan fingerprint density at radius 1 is 1.17 bits per heavy atom. The SMILES string of the molecule is CC.COc1ccc(-c2cc(Nc3ccnc(N4CC5CC(C4)O5)n3)on2)c(F)c1. The summed E-state index contributed by atoms with van der Waals surface area (Å²) < 4.78 is 30.2. The van der Waals surface area contributed by atoms with Gasteiger partial charge in [0.1, 0.15) is 23.1 Å². The molecule has 3 saturated heterocycles. The molecular weight excluding hydrogens is 389 g/mol. The number of benzene rings is 1. The summed E-state index contributed by atoms with van der Waals surface area (Å²) in [6, 6.07) is 7.93. The predicted octanol–water partition coefficient (Wildman–Crippen LogP) is 4.03. The lowest BCUT2D eigenvalue weighted by Crippen LogP contribution is -2.57. The molecule has 3 aromatic rings. The van der Waals surface area contributed by atoms with E-state index in [4.69, 9.17) is 14.0 Å². The van der Waals surface area contributed by atoms with Gasteiger partial charge in [-0.1, -0.05) is 19.0 Å². The van der Waals surface area contributed by atoms with E-state index >= 15 is 0 Å². The van der Waals surface area contributed by atoms with Gasteiger partial charge in [-0.05, 0) is 18.2 Å². The summed E-state index contributed by atoms with van der Waals surface area (Å²) in [6.45, 7) is 5.59. The monoisotopic (exact) mass is 413 g/mol. The van der Waals surface area contributed by atoms with E-state index in [0.29, 0.717) is 34.7 Å². The van der Waals surface area contributed by atoms with Crippen LogP contribution < -0.4 is 15.0 Å². The van der Waals surface area contributed by atoms with E-state index in [-0.39, 0.29) is 12.2 Å². The van der Waals surface area contributed by atoms with Crippen LogP contribution in [0.15, 0.2) is 41.1 Å². The number of ether oxygens (including phenoxy) is 2. The molecule has 9 heteroatoms. The highest BCUT2D eigenvalue weighted by molar-refractivity contribution is 5.65. The first-order valence-corrected chi connectivity index (χ1v) is 9.99. The van der Waals surface area contributed by atoms with Crippen LogP contribution in [0.2, 0.25) is 0 Å². The van der Waals surface area contributed by atoms with Crippen molar-refractivity contribution in [1.82, 2.24) is 15.1 Å². The van der Waals surface area contributed by atoms with Gasteiger partial charge < -0.3 is 24.2 Å². The Labute approximate surface area is 174 Å². The van der Waals surface area contributed by atoms with Crippen LogP contribution in [0.1, 0.15) is 20.3 Å². The molecule has 8 nitrogen and oxygen atoms in total. The van der Waals surface area contributed by atoms with Crippen LogP contribution >= 0.6 is 0 Å². The van der Waals surface area contributed by atoms with E-state index in [1.165, 1.54) is 13.2 Å². The Balaban J connectivity index is 0.00000106. The molecule has 2 bridgehead atoms. The lowest BCUT2D eigenvalue weighted by atomic mass is 9.99. The summed E-state index contributed by atoms with van der Waals surface area (Å²) in [5.41, 5.74) is 0.707. The van der Waals surface area contributed by atoms with Crippen LogP contribution in [-0.4, -0.2) is 47.5 Å². The van der Waals surface area contributed by atoms with E-state index in [2.05, 4.69) is 25.3 Å². The third-order valence-electron chi connectivity index (χ3n) is 4.90. The number of nitrogens with one attached hydrogen (secondary N) is 1. The average molecular weight is 413 g/mol. The van der Waals surface area contributed by atoms with Crippen molar-refractivity contribution in [2.75, 3.05) is 30.4 Å². The van der Waals surface area contributed by atoms with Gasteiger partial charge in [-0.15, -0.1) is 0 Å². The van der Waals surface area contributed by atoms with Crippen molar-refractivity contribution in [3.63, 3.8) is 0 Å². The minimum Gasteiger partial charge on any atom is -0.497 e. The fraction of sp³-hybridized carbons (Fsp3) is 0.381. The fourth-order valence-electron chi connectivity index (χ4n) is 3.51. The number of fused-ring (bicyclic) bond motifs is 2. The van der Waals surface area contributed by atoms with Gasteiger partial charge in [-0.2, -0.15) is 4.98 Å². The van der Waals surface area contributed by atoms with Crippen molar-refractivity contribution in [3.8, 4) is 17.0 Å². The molecule has 3 aliphatic rings. The van der Waals surface area contributed by atoms with Crippen molar-refractivity contribution in [1.29, 1.82) is 0 Å². The third-order valence-corrected chi connectivity index (χ3v) is 4.90. The molecule has 0 spiro atoms. The summed E-state index contributed by atoms with van der Waals surface area (Å²) in [4.78, 5) is 11.0. The zero-order chi connectivity index (χ0) is 21.1. The molecule has 1 N–H and O–H groups in total. The zero-order valence-corrected chi connectivity index (χ0v) is 17.1. The number of nitrogens with zero attached hydrogens (tertiary/aromatic N) is 4. The molecular formula is C21H24FN5O3. The number of methoxy groups -OCH3 is 1. The minimum atomic E-state index is -0.436. The topological polar surface area (TPSA) is 85.5 Å². The first-order chi connectivity index (χ1) is 14.7. The second-order valence-corrected chi connectivity index (χ2v) is 6.81. The smallest absolute Gasteiger partial charge is 0.230 e. The Hall–Kier alpha value is -3.20. The van der Waals surface area contributed by atoms with E-state index in [1.54, 1.807) is 30.5 Å². The second-order valence-electron chi connectivity index (χ2n) is 6.81. The van der Waals surface area contributed by atoms with Crippen molar-refractivity contribution in [2.45, 2.75) is 32.5 Å². The second kappa shape index (κ2) is 8.66. The first kappa shape index (κ1) is 20.1. The molecule has 1 aromatic carbocycles. The Morgan fingerprint density at radius 3 is 2.63 bits per heavy atom. The number of anilines is 3. The standard InChI is InChI=1S/C19H18FN5O3.C2H6/c1-26-11-2-3-14(15(20)7-11)16-8-18(28-24-16)22-17-4-5-21-19(23-17)25-9-12-6-13(10-25)27-12;1-2/h2-5,7-8,12-13H,6,9-10H2,1H3,(H,21,22,23);1-2H3. The molecule has 0 amide bonds. The molecule has 0 radical (unpaired) electrons. The largest absolute Gasteiger partial charge is 0.497 e. The molecule has 0 saturated carbocycles. The van der Waals surface area contributed by atoms with E-state index in [1.807, 2.05) is 13.8 Å². The first-order valence-electron chi connectivity index (χ1n) is 9.99. The highest BCUT2D eigenvalue weighted by Gasteiger charge is 2.39. The van der Waals surface area contributed by atoms with Gasteiger partial charge in [0, 0.05) is 43.4 Å². The molecule has 5 heterocycles. The van der Waals surface area contributed by atoms with E-state index in [9.17, 15) is 4.39 Å². The molecule has 3 aliphatic heterocycles. The average Bonchev–Trinajstić information content (AvgIpc) is 3.23. The summed E-state index contributed by atoms with van der Waals surface area (Å²) in [6.07, 6.45) is 3.34. The van der Waals surface area contributed by atoms with Crippen LogP contribution in [0.4, 0.5) is 22.0 Å². The maximum absolute atomic E-state index is 14.2. The summed E-state index contributed by atoms with van der Waals surface area (Å²) >= 11 is 0. The fourth-order valence-corrected chi connectivity index (χ4v) is 3.51. The maximum atomic E-state index is 14.2. The lowest BCUT2D eigenvalue weighted by Gasteiger charge is -2.46. The molecule has 6 rings (SSSR count).